The second-order valence-electron chi connectivity index (χ2n) is 6.19. The molecule has 110 valence electrons. The first-order valence-electron chi connectivity index (χ1n) is 7.61. The molecule has 1 aromatic heterocycles. The third kappa shape index (κ3) is 2.27. The zero-order valence-corrected chi connectivity index (χ0v) is 12.9. The van der Waals surface area contributed by atoms with Gasteiger partial charge in [0.2, 0.25) is 0 Å². The lowest BCUT2D eigenvalue weighted by Crippen LogP contribution is -2.43. The van der Waals surface area contributed by atoms with Crippen LogP contribution >= 0.6 is 11.3 Å². The molecule has 3 heterocycles. The van der Waals surface area contributed by atoms with Gasteiger partial charge >= 0.3 is 5.97 Å². The lowest BCUT2D eigenvalue weighted by atomic mass is 10.0. The highest BCUT2D eigenvalue weighted by atomic mass is 32.1. The third-order valence-corrected chi connectivity index (χ3v) is 5.99. The Morgan fingerprint density at radius 1 is 1.24 bits per heavy atom. The van der Waals surface area contributed by atoms with Crippen molar-refractivity contribution in [3.63, 3.8) is 0 Å². The number of nitrogens with zero attached hydrogens (tertiary/aromatic N) is 1. The monoisotopic (exact) mass is 301 g/mol. The number of fused-ring (bicyclic) bond motifs is 3. The van der Waals surface area contributed by atoms with E-state index in [2.05, 4.69) is 11.9 Å². The van der Waals surface area contributed by atoms with E-state index >= 15 is 0 Å². The predicted molar refractivity (Wildman–Crippen MR) is 84.8 cm³/mol. The van der Waals surface area contributed by atoms with Crippen LogP contribution in [0.25, 0.3) is 10.1 Å². The van der Waals surface area contributed by atoms with Crippen molar-refractivity contribution in [2.45, 2.75) is 43.9 Å². The molecule has 2 saturated heterocycles. The molecule has 0 aliphatic carbocycles. The Morgan fingerprint density at radius 2 is 1.95 bits per heavy atom. The summed E-state index contributed by atoms with van der Waals surface area (Å²) in [6.45, 7) is 0. The molecule has 4 rings (SSSR count). The lowest BCUT2D eigenvalue weighted by molar-refractivity contribution is -0.000221. The second-order valence-corrected chi connectivity index (χ2v) is 7.11. The highest BCUT2D eigenvalue weighted by molar-refractivity contribution is 7.17. The Labute approximate surface area is 128 Å². The SMILES string of the molecule is CN1C2CCC1CC(OC(=O)c1csc3ccccc13)C2. The number of esters is 1. The molecule has 0 spiro atoms. The Balaban J connectivity index is 1.51. The second kappa shape index (κ2) is 5.11. The molecule has 3 nitrogen and oxygen atoms in total. The van der Waals surface area contributed by atoms with E-state index in [0.29, 0.717) is 12.1 Å². The number of ether oxygens (including phenoxy) is 1. The smallest absolute Gasteiger partial charge is 0.339 e. The quantitative estimate of drug-likeness (QED) is 0.792. The molecule has 2 aromatic rings. The normalized spacial score (nSPS) is 28.9. The molecule has 0 N–H and O–H groups in total. The largest absolute Gasteiger partial charge is 0.459 e. The lowest BCUT2D eigenvalue weighted by Gasteiger charge is -2.35. The van der Waals surface area contributed by atoms with Crippen LogP contribution < -0.4 is 0 Å². The van der Waals surface area contributed by atoms with Crippen LogP contribution in [-0.2, 0) is 4.74 Å². The summed E-state index contributed by atoms with van der Waals surface area (Å²) in [7, 11) is 2.20. The van der Waals surface area contributed by atoms with Gasteiger partial charge in [0, 0.05) is 40.4 Å². The predicted octanol–water partition coefficient (Wildman–Crippen LogP) is 3.68. The van der Waals surface area contributed by atoms with Crippen molar-refractivity contribution in [2.75, 3.05) is 7.05 Å². The first kappa shape index (κ1) is 13.3. The van der Waals surface area contributed by atoms with Crippen LogP contribution in [0.5, 0.6) is 0 Å². The maximum Gasteiger partial charge on any atom is 0.339 e. The molecule has 2 fully saturated rings. The van der Waals surface area contributed by atoms with Gasteiger partial charge in [-0.25, -0.2) is 4.79 Å². The van der Waals surface area contributed by atoms with Crippen LogP contribution in [0, 0.1) is 0 Å². The summed E-state index contributed by atoms with van der Waals surface area (Å²) >= 11 is 1.61. The minimum atomic E-state index is -0.151. The van der Waals surface area contributed by atoms with Gasteiger partial charge in [0.25, 0.3) is 0 Å². The number of thiophene rings is 1. The standard InChI is InChI=1S/C17H19NO2S/c1-18-11-6-7-12(18)9-13(8-11)20-17(19)15-10-21-16-5-3-2-4-14(15)16/h2-5,10-13H,6-9H2,1H3. The molecule has 2 bridgehead atoms. The first-order chi connectivity index (χ1) is 10.2. The fourth-order valence-electron chi connectivity index (χ4n) is 3.81. The van der Waals surface area contributed by atoms with Gasteiger partial charge in [0.15, 0.2) is 0 Å². The molecular weight excluding hydrogens is 282 g/mol. The van der Waals surface area contributed by atoms with Crippen LogP contribution in [-0.4, -0.2) is 36.1 Å². The van der Waals surface area contributed by atoms with Gasteiger partial charge in [-0.1, -0.05) is 18.2 Å². The first-order valence-corrected chi connectivity index (χ1v) is 8.49. The molecule has 0 radical (unpaired) electrons. The number of carbonyl (C=O) groups excluding carboxylic acids is 1. The topological polar surface area (TPSA) is 29.5 Å². The number of carbonyl (C=O) groups is 1. The zero-order valence-electron chi connectivity index (χ0n) is 12.1. The number of piperidine rings is 1. The highest BCUT2D eigenvalue weighted by Gasteiger charge is 2.40. The fourth-order valence-corrected chi connectivity index (χ4v) is 4.74. The van der Waals surface area contributed by atoms with Gasteiger partial charge < -0.3 is 9.64 Å². The fraction of sp³-hybridized carbons (Fsp3) is 0.471. The molecule has 2 unspecified atom stereocenters. The Hall–Kier alpha value is -1.39. The number of benzene rings is 1. The van der Waals surface area contributed by atoms with Gasteiger partial charge in [-0.3, -0.25) is 0 Å². The third-order valence-electron chi connectivity index (χ3n) is 5.03. The van der Waals surface area contributed by atoms with E-state index in [9.17, 15) is 4.79 Å². The van der Waals surface area contributed by atoms with E-state index in [1.54, 1.807) is 11.3 Å². The van der Waals surface area contributed by atoms with Crippen molar-refractivity contribution in [1.82, 2.24) is 4.90 Å². The van der Waals surface area contributed by atoms with Gasteiger partial charge in [-0.15, -0.1) is 11.3 Å². The summed E-state index contributed by atoms with van der Waals surface area (Å²) in [5.41, 5.74) is 0.724. The minimum Gasteiger partial charge on any atom is -0.459 e. The molecule has 2 atom stereocenters. The summed E-state index contributed by atoms with van der Waals surface area (Å²) in [5.74, 6) is -0.151. The Kier molecular flexibility index (Phi) is 3.23. The summed E-state index contributed by atoms with van der Waals surface area (Å²) in [6.07, 6.45) is 4.55. The van der Waals surface area contributed by atoms with Crippen LogP contribution in [0.1, 0.15) is 36.0 Å². The van der Waals surface area contributed by atoms with Crippen LogP contribution in [0.2, 0.25) is 0 Å². The zero-order chi connectivity index (χ0) is 14.4. The van der Waals surface area contributed by atoms with Crippen molar-refractivity contribution < 1.29 is 9.53 Å². The maximum atomic E-state index is 12.5. The molecule has 4 heteroatoms. The summed E-state index contributed by atoms with van der Waals surface area (Å²) < 4.78 is 6.96. The van der Waals surface area contributed by atoms with E-state index in [0.717, 1.165) is 28.5 Å². The van der Waals surface area contributed by atoms with Crippen molar-refractivity contribution in [3.05, 3.63) is 35.2 Å². The van der Waals surface area contributed by atoms with Crippen LogP contribution in [0.4, 0.5) is 0 Å². The number of rotatable bonds is 2. The Bertz CT molecular complexity index is 666. The molecule has 1 aromatic carbocycles. The van der Waals surface area contributed by atoms with Crippen LogP contribution in [0.15, 0.2) is 29.6 Å². The molecule has 0 saturated carbocycles. The molecule has 0 amide bonds. The van der Waals surface area contributed by atoms with Crippen molar-refractivity contribution in [3.8, 4) is 0 Å². The van der Waals surface area contributed by atoms with Crippen molar-refractivity contribution in [1.29, 1.82) is 0 Å². The molecule has 21 heavy (non-hydrogen) atoms. The summed E-state index contributed by atoms with van der Waals surface area (Å²) in [4.78, 5) is 14.9. The van der Waals surface area contributed by atoms with Gasteiger partial charge in [0.1, 0.15) is 6.10 Å². The highest BCUT2D eigenvalue weighted by Crippen LogP contribution is 2.36. The van der Waals surface area contributed by atoms with Gasteiger partial charge in [-0.2, -0.15) is 0 Å². The van der Waals surface area contributed by atoms with Crippen molar-refractivity contribution in [2.24, 2.45) is 0 Å². The summed E-state index contributed by atoms with van der Waals surface area (Å²) in [6, 6.07) is 9.22. The van der Waals surface area contributed by atoms with Crippen LogP contribution in [0.3, 0.4) is 0 Å². The van der Waals surface area contributed by atoms with Crippen molar-refractivity contribution >= 4 is 27.4 Å². The maximum absolute atomic E-state index is 12.5. The molecule has 2 aliphatic heterocycles. The van der Waals surface area contributed by atoms with E-state index in [-0.39, 0.29) is 12.1 Å². The number of hydrogen-bond acceptors (Lipinski definition) is 4. The van der Waals surface area contributed by atoms with Gasteiger partial charge in [-0.05, 0) is 26.0 Å². The van der Waals surface area contributed by atoms with E-state index in [1.807, 2.05) is 29.6 Å². The number of hydrogen-bond donors (Lipinski definition) is 0. The van der Waals surface area contributed by atoms with E-state index in [1.165, 1.54) is 12.8 Å². The van der Waals surface area contributed by atoms with Gasteiger partial charge in [0.05, 0.1) is 5.56 Å². The molecule has 2 aliphatic rings. The Morgan fingerprint density at radius 3 is 2.71 bits per heavy atom. The minimum absolute atomic E-state index is 0.0878. The average Bonchev–Trinajstić information content (AvgIpc) is 2.98. The molecular formula is C17H19NO2S. The van der Waals surface area contributed by atoms with E-state index in [4.69, 9.17) is 4.74 Å². The van der Waals surface area contributed by atoms with E-state index < -0.39 is 0 Å². The summed E-state index contributed by atoms with van der Waals surface area (Å²) in [5, 5.41) is 2.94. The average molecular weight is 301 g/mol.